The summed E-state index contributed by atoms with van der Waals surface area (Å²) in [5.41, 5.74) is 1.93. The summed E-state index contributed by atoms with van der Waals surface area (Å²) in [6.07, 6.45) is 1.64. The fraction of sp³-hybridized carbons (Fsp3) is 0.0690. The van der Waals surface area contributed by atoms with Crippen molar-refractivity contribution < 1.29 is 23.9 Å². The average molecular weight is 574 g/mol. The number of hydrogen-bond donors (Lipinski definition) is 0. The van der Waals surface area contributed by atoms with Gasteiger partial charge in [0.25, 0.3) is 11.1 Å². The van der Waals surface area contributed by atoms with Crippen molar-refractivity contribution in [1.29, 1.82) is 0 Å². The Morgan fingerprint density at radius 2 is 1.73 bits per heavy atom. The van der Waals surface area contributed by atoms with Crippen LogP contribution in [0.1, 0.15) is 21.5 Å². The van der Waals surface area contributed by atoms with Crippen molar-refractivity contribution in [2.75, 3.05) is 7.11 Å². The van der Waals surface area contributed by atoms with Crippen molar-refractivity contribution in [3.8, 4) is 11.5 Å². The topological polar surface area (TPSA) is 72.9 Å². The molecular formula is C29H20BrNO5S. The van der Waals surface area contributed by atoms with E-state index < -0.39 is 5.97 Å². The third-order valence-corrected chi connectivity index (χ3v) is 7.23. The highest BCUT2D eigenvalue weighted by Crippen LogP contribution is 2.36. The number of amides is 2. The fourth-order valence-electron chi connectivity index (χ4n) is 4.02. The SMILES string of the molecule is COc1cc(/C=C2\SC(=O)N(Cc3cccc4ccccc34)C2=O)ccc1OC(=O)c1cccc(Br)c1. The first-order valence-corrected chi connectivity index (χ1v) is 12.9. The van der Waals surface area contributed by atoms with Crippen LogP contribution < -0.4 is 9.47 Å². The van der Waals surface area contributed by atoms with Gasteiger partial charge >= 0.3 is 5.97 Å². The number of thioether (sulfide) groups is 1. The lowest BCUT2D eigenvalue weighted by molar-refractivity contribution is -0.123. The monoisotopic (exact) mass is 573 g/mol. The predicted molar refractivity (Wildman–Crippen MR) is 148 cm³/mol. The van der Waals surface area contributed by atoms with Crippen LogP contribution in [-0.4, -0.2) is 29.1 Å². The van der Waals surface area contributed by atoms with Crippen molar-refractivity contribution in [2.24, 2.45) is 0 Å². The second-order valence-electron chi connectivity index (χ2n) is 8.22. The minimum absolute atomic E-state index is 0.192. The van der Waals surface area contributed by atoms with E-state index in [4.69, 9.17) is 9.47 Å². The molecule has 0 aromatic heterocycles. The summed E-state index contributed by atoms with van der Waals surface area (Å²) in [6.45, 7) is 0.192. The lowest BCUT2D eigenvalue weighted by Gasteiger charge is -2.14. The number of rotatable bonds is 6. The molecule has 2 amide bonds. The largest absolute Gasteiger partial charge is 0.493 e. The molecule has 4 aromatic carbocycles. The van der Waals surface area contributed by atoms with Gasteiger partial charge in [-0.25, -0.2) is 4.79 Å². The number of benzene rings is 4. The van der Waals surface area contributed by atoms with Crippen LogP contribution in [0.5, 0.6) is 11.5 Å². The highest BCUT2D eigenvalue weighted by atomic mass is 79.9. The maximum absolute atomic E-state index is 13.1. The molecule has 4 aromatic rings. The van der Waals surface area contributed by atoms with Gasteiger partial charge in [0.05, 0.1) is 24.1 Å². The summed E-state index contributed by atoms with van der Waals surface area (Å²) in [4.78, 5) is 40.0. The van der Waals surface area contributed by atoms with Crippen LogP contribution in [0, 0.1) is 0 Å². The van der Waals surface area contributed by atoms with Crippen LogP contribution in [0.2, 0.25) is 0 Å². The van der Waals surface area contributed by atoms with Gasteiger partial charge in [-0.1, -0.05) is 70.5 Å². The first-order chi connectivity index (χ1) is 17.9. The van der Waals surface area contributed by atoms with E-state index in [2.05, 4.69) is 15.9 Å². The van der Waals surface area contributed by atoms with Gasteiger partial charge in [0.1, 0.15) is 0 Å². The van der Waals surface area contributed by atoms with E-state index >= 15 is 0 Å². The summed E-state index contributed by atoms with van der Waals surface area (Å²) < 4.78 is 11.7. The number of halogens is 1. The highest BCUT2D eigenvalue weighted by molar-refractivity contribution is 9.10. The second kappa shape index (κ2) is 10.6. The Balaban J connectivity index is 1.35. The number of hydrogen-bond acceptors (Lipinski definition) is 6. The molecule has 1 fully saturated rings. The van der Waals surface area contributed by atoms with E-state index in [0.717, 1.165) is 32.6 Å². The number of carbonyl (C=O) groups excluding carboxylic acids is 3. The number of nitrogens with zero attached hydrogens (tertiary/aromatic N) is 1. The Morgan fingerprint density at radius 1 is 0.946 bits per heavy atom. The van der Waals surface area contributed by atoms with E-state index in [1.807, 2.05) is 48.5 Å². The molecule has 0 bridgehead atoms. The third kappa shape index (κ3) is 5.30. The lowest BCUT2D eigenvalue weighted by atomic mass is 10.0. The quantitative estimate of drug-likeness (QED) is 0.139. The van der Waals surface area contributed by atoms with Gasteiger partial charge in [-0.3, -0.25) is 14.5 Å². The molecule has 0 N–H and O–H groups in total. The lowest BCUT2D eigenvalue weighted by Crippen LogP contribution is -2.27. The van der Waals surface area contributed by atoms with Gasteiger partial charge in [0, 0.05) is 4.47 Å². The number of methoxy groups -OCH3 is 1. The Morgan fingerprint density at radius 3 is 2.54 bits per heavy atom. The number of fused-ring (bicyclic) bond motifs is 1. The molecule has 1 aliphatic heterocycles. The summed E-state index contributed by atoms with van der Waals surface area (Å²) in [5, 5.41) is 1.73. The van der Waals surface area contributed by atoms with Crippen molar-refractivity contribution >= 4 is 61.7 Å². The smallest absolute Gasteiger partial charge is 0.343 e. The molecule has 0 spiro atoms. The fourth-order valence-corrected chi connectivity index (χ4v) is 5.26. The highest BCUT2D eigenvalue weighted by Gasteiger charge is 2.35. The molecule has 1 saturated heterocycles. The van der Waals surface area contributed by atoms with Crippen LogP contribution in [0.4, 0.5) is 4.79 Å². The predicted octanol–water partition coefficient (Wildman–Crippen LogP) is 7.07. The van der Waals surface area contributed by atoms with Crippen molar-refractivity contribution in [2.45, 2.75) is 6.54 Å². The van der Waals surface area contributed by atoms with E-state index in [1.54, 1.807) is 42.5 Å². The number of ether oxygens (including phenoxy) is 2. The van der Waals surface area contributed by atoms with Gasteiger partial charge in [-0.15, -0.1) is 0 Å². The molecule has 37 heavy (non-hydrogen) atoms. The standard InChI is InChI=1S/C29H20BrNO5S/c1-35-25-14-18(12-13-24(25)36-28(33)20-8-5-10-22(30)16-20)15-26-27(32)31(29(34)37-26)17-21-9-4-7-19-6-2-3-11-23(19)21/h2-16H,17H2,1H3/b26-15-. The number of imide groups is 1. The minimum atomic E-state index is -0.526. The van der Waals surface area contributed by atoms with Gasteiger partial charge in [0.15, 0.2) is 11.5 Å². The number of esters is 1. The van der Waals surface area contributed by atoms with E-state index in [9.17, 15) is 14.4 Å². The Kier molecular flexibility index (Phi) is 7.12. The normalized spacial score (nSPS) is 14.4. The molecule has 6 nitrogen and oxygen atoms in total. The molecule has 1 aliphatic rings. The van der Waals surface area contributed by atoms with E-state index in [-0.39, 0.29) is 23.4 Å². The maximum Gasteiger partial charge on any atom is 0.343 e. The van der Waals surface area contributed by atoms with E-state index in [1.165, 1.54) is 12.0 Å². The Labute approximate surface area is 226 Å². The zero-order valence-corrected chi connectivity index (χ0v) is 22.0. The van der Waals surface area contributed by atoms with Gasteiger partial charge in [-0.2, -0.15) is 0 Å². The van der Waals surface area contributed by atoms with Gasteiger partial charge in [0.2, 0.25) is 0 Å². The molecule has 8 heteroatoms. The second-order valence-corrected chi connectivity index (χ2v) is 10.1. The molecule has 0 unspecified atom stereocenters. The third-order valence-electron chi connectivity index (χ3n) is 5.83. The van der Waals surface area contributed by atoms with E-state index in [0.29, 0.717) is 21.8 Å². The zero-order chi connectivity index (χ0) is 25.9. The summed E-state index contributed by atoms with van der Waals surface area (Å²) >= 11 is 4.24. The Hall–Kier alpha value is -3.88. The number of carbonyl (C=O) groups is 3. The molecule has 184 valence electrons. The summed E-state index contributed by atoms with van der Waals surface area (Å²) in [6, 6.07) is 25.6. The van der Waals surface area contributed by atoms with Crippen LogP contribution in [0.15, 0.2) is 94.3 Å². The average Bonchev–Trinajstić information content (AvgIpc) is 3.16. The van der Waals surface area contributed by atoms with Crippen molar-refractivity contribution in [3.63, 3.8) is 0 Å². The van der Waals surface area contributed by atoms with Crippen LogP contribution in [-0.2, 0) is 11.3 Å². The van der Waals surface area contributed by atoms with Crippen LogP contribution in [0.3, 0.4) is 0 Å². The van der Waals surface area contributed by atoms with Crippen LogP contribution in [0.25, 0.3) is 16.8 Å². The first kappa shape index (κ1) is 24.8. The van der Waals surface area contributed by atoms with Gasteiger partial charge < -0.3 is 9.47 Å². The molecule has 0 atom stereocenters. The zero-order valence-electron chi connectivity index (χ0n) is 19.6. The van der Waals surface area contributed by atoms with Gasteiger partial charge in [-0.05, 0) is 70.1 Å². The minimum Gasteiger partial charge on any atom is -0.493 e. The van der Waals surface area contributed by atoms with Crippen LogP contribution >= 0.6 is 27.7 Å². The summed E-state index contributed by atoms with van der Waals surface area (Å²) in [7, 11) is 1.47. The Bertz CT molecular complexity index is 1580. The molecule has 0 radical (unpaired) electrons. The molecule has 1 heterocycles. The first-order valence-electron chi connectivity index (χ1n) is 11.3. The summed E-state index contributed by atoms with van der Waals surface area (Å²) in [5.74, 6) is -0.310. The van der Waals surface area contributed by atoms with Crippen molar-refractivity contribution in [1.82, 2.24) is 4.90 Å². The molecule has 5 rings (SSSR count). The van der Waals surface area contributed by atoms with Crippen molar-refractivity contribution in [3.05, 3.63) is 111 Å². The molecular weight excluding hydrogens is 554 g/mol. The molecule has 0 aliphatic carbocycles. The maximum atomic E-state index is 13.1. The molecule has 0 saturated carbocycles.